The number of methoxy groups -OCH3 is 1. The molecule has 1 aromatic carbocycles. The van der Waals surface area contributed by atoms with Gasteiger partial charge >= 0.3 is 0 Å². The van der Waals surface area contributed by atoms with Crippen molar-refractivity contribution in [1.29, 1.82) is 0 Å². The molecular formula is C13H21NO2. The second kappa shape index (κ2) is 7.39. The summed E-state index contributed by atoms with van der Waals surface area (Å²) in [4.78, 5) is 0. The van der Waals surface area contributed by atoms with Gasteiger partial charge in [-0.25, -0.2) is 0 Å². The topological polar surface area (TPSA) is 41.5 Å². The number of nitrogens with one attached hydrogen (secondary N) is 1. The summed E-state index contributed by atoms with van der Waals surface area (Å²) in [5, 5.41) is 12.7. The Bertz CT molecular complexity index is 277. The van der Waals surface area contributed by atoms with Gasteiger partial charge in [0.05, 0.1) is 12.7 Å². The van der Waals surface area contributed by atoms with Crippen molar-refractivity contribution in [1.82, 2.24) is 5.32 Å². The van der Waals surface area contributed by atoms with Gasteiger partial charge in [-0.15, -0.1) is 0 Å². The molecule has 0 aliphatic rings. The summed E-state index contributed by atoms with van der Waals surface area (Å²) in [5.74, 6) is 0.455. The molecule has 2 N–H and O–H groups in total. The largest absolute Gasteiger partial charge is 0.389 e. The molecule has 0 saturated heterocycles. The third-order valence-corrected chi connectivity index (χ3v) is 2.56. The molecule has 2 atom stereocenters. The van der Waals surface area contributed by atoms with Crippen LogP contribution in [0.1, 0.15) is 18.4 Å². The molecule has 0 radical (unpaired) electrons. The maximum absolute atomic E-state index is 9.45. The molecule has 0 aromatic heterocycles. The number of benzene rings is 1. The summed E-state index contributed by atoms with van der Waals surface area (Å²) in [6.07, 6.45) is -0.423. The first-order chi connectivity index (χ1) is 7.74. The first-order valence-corrected chi connectivity index (χ1v) is 5.66. The number of hydrogen-bond donors (Lipinski definition) is 2. The molecular weight excluding hydrogens is 202 g/mol. The molecule has 0 aliphatic heterocycles. The molecule has 0 heterocycles. The van der Waals surface area contributed by atoms with E-state index in [1.54, 1.807) is 7.11 Å². The van der Waals surface area contributed by atoms with E-state index in [9.17, 15) is 5.11 Å². The van der Waals surface area contributed by atoms with Gasteiger partial charge in [0.1, 0.15) is 0 Å². The molecule has 90 valence electrons. The highest BCUT2D eigenvalue weighted by atomic mass is 16.5. The summed E-state index contributed by atoms with van der Waals surface area (Å²) in [6.45, 7) is 3.99. The fourth-order valence-electron chi connectivity index (χ4n) is 1.62. The lowest BCUT2D eigenvalue weighted by Crippen LogP contribution is -2.32. The zero-order chi connectivity index (χ0) is 11.8. The van der Waals surface area contributed by atoms with E-state index in [-0.39, 0.29) is 0 Å². The molecule has 0 bridgehead atoms. The second-order valence-corrected chi connectivity index (χ2v) is 4.08. The molecule has 3 heteroatoms. The van der Waals surface area contributed by atoms with Crippen LogP contribution in [0.3, 0.4) is 0 Å². The van der Waals surface area contributed by atoms with Crippen LogP contribution in [-0.2, 0) is 4.74 Å². The predicted octanol–water partition coefficient (Wildman–Crippen LogP) is 1.39. The van der Waals surface area contributed by atoms with Crippen LogP contribution in [-0.4, -0.2) is 38.0 Å². The minimum Gasteiger partial charge on any atom is -0.389 e. The Labute approximate surface area is 97.4 Å². The third kappa shape index (κ3) is 4.75. The first-order valence-electron chi connectivity index (χ1n) is 5.66. The number of aliphatic hydroxyl groups is 1. The molecule has 3 nitrogen and oxygen atoms in total. The average molecular weight is 223 g/mol. The fourth-order valence-corrected chi connectivity index (χ4v) is 1.62. The van der Waals surface area contributed by atoms with E-state index in [1.807, 2.05) is 18.2 Å². The van der Waals surface area contributed by atoms with Crippen LogP contribution in [0.4, 0.5) is 0 Å². The smallest absolute Gasteiger partial charge is 0.0897 e. The quantitative estimate of drug-likeness (QED) is 0.734. The number of aliphatic hydroxyl groups excluding tert-OH is 1. The van der Waals surface area contributed by atoms with Crippen LogP contribution in [0.5, 0.6) is 0 Å². The summed E-state index contributed by atoms with van der Waals surface area (Å²) >= 11 is 0. The highest BCUT2D eigenvalue weighted by Gasteiger charge is 2.06. The zero-order valence-corrected chi connectivity index (χ0v) is 10.0. The third-order valence-electron chi connectivity index (χ3n) is 2.56. The van der Waals surface area contributed by atoms with Crippen molar-refractivity contribution < 1.29 is 9.84 Å². The van der Waals surface area contributed by atoms with E-state index in [2.05, 4.69) is 24.4 Å². The van der Waals surface area contributed by atoms with Crippen molar-refractivity contribution in [2.45, 2.75) is 18.9 Å². The number of rotatable bonds is 7. The van der Waals surface area contributed by atoms with Crippen molar-refractivity contribution >= 4 is 0 Å². The van der Waals surface area contributed by atoms with E-state index in [0.29, 0.717) is 19.1 Å². The number of hydrogen-bond acceptors (Lipinski definition) is 3. The summed E-state index contributed by atoms with van der Waals surface area (Å²) < 4.78 is 4.86. The summed E-state index contributed by atoms with van der Waals surface area (Å²) in [7, 11) is 1.59. The fraction of sp³-hybridized carbons (Fsp3) is 0.538. The predicted molar refractivity (Wildman–Crippen MR) is 65.6 cm³/mol. The lowest BCUT2D eigenvalue weighted by molar-refractivity contribution is 0.0645. The van der Waals surface area contributed by atoms with Gasteiger partial charge in [0.15, 0.2) is 0 Å². The van der Waals surface area contributed by atoms with E-state index in [0.717, 1.165) is 6.54 Å². The van der Waals surface area contributed by atoms with Gasteiger partial charge in [0.2, 0.25) is 0 Å². The minimum absolute atomic E-state index is 0.382. The van der Waals surface area contributed by atoms with Crippen molar-refractivity contribution in [3.63, 3.8) is 0 Å². The Hall–Kier alpha value is -0.900. The maximum Gasteiger partial charge on any atom is 0.0897 e. The SMILES string of the molecule is COCC(O)CNCC(C)c1ccccc1. The molecule has 0 amide bonds. The standard InChI is InChI=1S/C13H21NO2/c1-11(12-6-4-3-5-7-12)8-14-9-13(15)10-16-2/h3-7,11,13-15H,8-10H2,1-2H3. The van der Waals surface area contributed by atoms with Crippen LogP contribution in [0, 0.1) is 0 Å². The van der Waals surface area contributed by atoms with Crippen molar-refractivity contribution in [3.05, 3.63) is 35.9 Å². The Morgan fingerprint density at radius 2 is 1.94 bits per heavy atom. The Kier molecular flexibility index (Phi) is 6.08. The lowest BCUT2D eigenvalue weighted by atomic mass is 10.0. The maximum atomic E-state index is 9.45. The molecule has 2 unspecified atom stereocenters. The minimum atomic E-state index is -0.423. The van der Waals surface area contributed by atoms with Gasteiger partial charge in [-0.1, -0.05) is 37.3 Å². The molecule has 16 heavy (non-hydrogen) atoms. The zero-order valence-electron chi connectivity index (χ0n) is 10.0. The van der Waals surface area contributed by atoms with Crippen LogP contribution >= 0.6 is 0 Å². The van der Waals surface area contributed by atoms with Gasteiger partial charge in [-0.2, -0.15) is 0 Å². The van der Waals surface area contributed by atoms with Gasteiger partial charge in [0, 0.05) is 20.2 Å². The van der Waals surface area contributed by atoms with E-state index in [1.165, 1.54) is 5.56 Å². The molecule has 0 spiro atoms. The molecule has 1 rings (SSSR count). The van der Waals surface area contributed by atoms with E-state index < -0.39 is 6.10 Å². The van der Waals surface area contributed by atoms with Crippen LogP contribution in [0.15, 0.2) is 30.3 Å². The van der Waals surface area contributed by atoms with Gasteiger partial charge in [-0.05, 0) is 11.5 Å². The first kappa shape index (κ1) is 13.2. The van der Waals surface area contributed by atoms with Crippen molar-refractivity contribution in [3.8, 4) is 0 Å². The van der Waals surface area contributed by atoms with Crippen LogP contribution < -0.4 is 5.32 Å². The van der Waals surface area contributed by atoms with E-state index >= 15 is 0 Å². The summed E-state index contributed by atoms with van der Waals surface area (Å²) in [5.41, 5.74) is 1.32. The Morgan fingerprint density at radius 1 is 1.25 bits per heavy atom. The number of ether oxygens (including phenoxy) is 1. The Balaban J connectivity index is 2.23. The van der Waals surface area contributed by atoms with Crippen molar-refractivity contribution in [2.24, 2.45) is 0 Å². The Morgan fingerprint density at radius 3 is 2.56 bits per heavy atom. The highest BCUT2D eigenvalue weighted by Crippen LogP contribution is 2.12. The molecule has 0 fully saturated rings. The monoisotopic (exact) mass is 223 g/mol. The highest BCUT2D eigenvalue weighted by molar-refractivity contribution is 5.18. The molecule has 1 aromatic rings. The van der Waals surface area contributed by atoms with E-state index in [4.69, 9.17) is 4.74 Å². The second-order valence-electron chi connectivity index (χ2n) is 4.08. The molecule has 0 saturated carbocycles. The van der Waals surface area contributed by atoms with Gasteiger partial charge in [0.25, 0.3) is 0 Å². The lowest BCUT2D eigenvalue weighted by Gasteiger charge is -2.15. The van der Waals surface area contributed by atoms with Gasteiger partial charge < -0.3 is 15.2 Å². The normalized spacial score (nSPS) is 14.7. The molecule has 0 aliphatic carbocycles. The van der Waals surface area contributed by atoms with Crippen LogP contribution in [0.2, 0.25) is 0 Å². The summed E-state index contributed by atoms with van der Waals surface area (Å²) in [6, 6.07) is 10.4. The van der Waals surface area contributed by atoms with Gasteiger partial charge in [-0.3, -0.25) is 0 Å². The average Bonchev–Trinajstić information content (AvgIpc) is 2.30. The van der Waals surface area contributed by atoms with Crippen molar-refractivity contribution in [2.75, 3.05) is 26.8 Å². The van der Waals surface area contributed by atoms with Crippen LogP contribution in [0.25, 0.3) is 0 Å².